The standard InChI is InChI=1S/C18H19N3O4S/c1-4-11-10(2)26-16(15(11)17(23)24)19-14(22)9-21-13-8-6-5-7-12(13)20(3)18(21)25/h5-8H,4,9H2,1-3H3,(H,19,22)(H,23,24). The van der Waals surface area contributed by atoms with E-state index >= 15 is 0 Å². The Labute approximate surface area is 153 Å². The van der Waals surface area contributed by atoms with E-state index in [0.29, 0.717) is 16.9 Å². The lowest BCUT2D eigenvalue weighted by Gasteiger charge is -2.06. The number of carboxylic acid groups (broad SMARTS) is 1. The Hall–Kier alpha value is -2.87. The molecule has 1 amide bonds. The molecule has 3 aromatic rings. The molecule has 0 bridgehead atoms. The summed E-state index contributed by atoms with van der Waals surface area (Å²) in [4.78, 5) is 37.4. The molecular weight excluding hydrogens is 354 g/mol. The molecule has 0 aliphatic rings. The van der Waals surface area contributed by atoms with Gasteiger partial charge in [-0.1, -0.05) is 19.1 Å². The highest BCUT2D eigenvalue weighted by atomic mass is 32.1. The molecule has 7 nitrogen and oxygen atoms in total. The van der Waals surface area contributed by atoms with Gasteiger partial charge in [0.15, 0.2) is 0 Å². The maximum Gasteiger partial charge on any atom is 0.339 e. The highest BCUT2D eigenvalue weighted by Gasteiger charge is 2.22. The fraction of sp³-hybridized carbons (Fsp3) is 0.278. The van der Waals surface area contributed by atoms with E-state index in [9.17, 15) is 19.5 Å². The lowest BCUT2D eigenvalue weighted by Crippen LogP contribution is -2.28. The molecule has 1 aromatic carbocycles. The maximum atomic E-state index is 12.5. The highest BCUT2D eigenvalue weighted by Crippen LogP contribution is 2.33. The third-order valence-electron chi connectivity index (χ3n) is 4.38. The van der Waals surface area contributed by atoms with Crippen molar-refractivity contribution >= 4 is 39.2 Å². The molecule has 8 heteroatoms. The first-order chi connectivity index (χ1) is 12.3. The Bertz CT molecular complexity index is 1070. The summed E-state index contributed by atoms with van der Waals surface area (Å²) < 4.78 is 2.86. The monoisotopic (exact) mass is 373 g/mol. The number of aromatic nitrogens is 2. The lowest BCUT2D eigenvalue weighted by molar-refractivity contribution is -0.116. The number of hydrogen-bond acceptors (Lipinski definition) is 4. The predicted molar refractivity (Wildman–Crippen MR) is 101 cm³/mol. The number of amides is 1. The van der Waals surface area contributed by atoms with Crippen LogP contribution < -0.4 is 11.0 Å². The second-order valence-electron chi connectivity index (χ2n) is 5.96. The van der Waals surface area contributed by atoms with Crippen LogP contribution in [-0.2, 0) is 24.8 Å². The van der Waals surface area contributed by atoms with E-state index in [1.54, 1.807) is 19.2 Å². The summed E-state index contributed by atoms with van der Waals surface area (Å²) in [5, 5.41) is 12.5. The molecule has 0 unspecified atom stereocenters. The second kappa shape index (κ2) is 6.80. The van der Waals surface area contributed by atoms with Crippen LogP contribution in [-0.4, -0.2) is 26.1 Å². The number of carbonyl (C=O) groups is 2. The van der Waals surface area contributed by atoms with Crippen molar-refractivity contribution in [3.05, 3.63) is 50.8 Å². The van der Waals surface area contributed by atoms with Crippen molar-refractivity contribution in [2.45, 2.75) is 26.8 Å². The van der Waals surface area contributed by atoms with Gasteiger partial charge in [0.25, 0.3) is 0 Å². The normalized spacial score (nSPS) is 11.0. The molecule has 0 saturated carbocycles. The molecule has 26 heavy (non-hydrogen) atoms. The van der Waals surface area contributed by atoms with Crippen LogP contribution >= 0.6 is 11.3 Å². The predicted octanol–water partition coefficient (Wildman–Crippen LogP) is 2.61. The van der Waals surface area contributed by atoms with Crippen molar-refractivity contribution in [3.8, 4) is 0 Å². The summed E-state index contributed by atoms with van der Waals surface area (Å²) in [6, 6.07) is 7.21. The van der Waals surface area contributed by atoms with Crippen molar-refractivity contribution < 1.29 is 14.7 Å². The first kappa shape index (κ1) is 17.9. The Balaban J connectivity index is 1.93. The number of para-hydroxylation sites is 2. The topological polar surface area (TPSA) is 93.3 Å². The van der Waals surface area contributed by atoms with Gasteiger partial charge in [-0.15, -0.1) is 11.3 Å². The number of fused-ring (bicyclic) bond motifs is 1. The molecule has 2 heterocycles. The van der Waals surface area contributed by atoms with Crippen LogP contribution in [0.3, 0.4) is 0 Å². The smallest absolute Gasteiger partial charge is 0.339 e. The zero-order valence-electron chi connectivity index (χ0n) is 14.7. The molecule has 0 saturated heterocycles. The summed E-state index contributed by atoms with van der Waals surface area (Å²) in [6.07, 6.45) is 0.572. The van der Waals surface area contributed by atoms with Crippen LogP contribution in [0.15, 0.2) is 29.1 Å². The number of nitrogens with zero attached hydrogens (tertiary/aromatic N) is 2. The highest BCUT2D eigenvalue weighted by molar-refractivity contribution is 7.16. The molecule has 0 fully saturated rings. The van der Waals surface area contributed by atoms with Crippen LogP contribution in [0.4, 0.5) is 5.00 Å². The lowest BCUT2D eigenvalue weighted by atomic mass is 10.1. The Morgan fingerprint density at radius 1 is 1.23 bits per heavy atom. The number of benzene rings is 1. The van der Waals surface area contributed by atoms with Gasteiger partial charge in [-0.05, 0) is 31.0 Å². The number of aromatic carboxylic acids is 1. The molecular formula is C18H19N3O4S. The Morgan fingerprint density at radius 2 is 1.88 bits per heavy atom. The Morgan fingerprint density at radius 3 is 2.50 bits per heavy atom. The summed E-state index contributed by atoms with van der Waals surface area (Å²) in [5.41, 5.74) is 1.95. The summed E-state index contributed by atoms with van der Waals surface area (Å²) in [6.45, 7) is 3.53. The minimum Gasteiger partial charge on any atom is -0.478 e. The van der Waals surface area contributed by atoms with Crippen molar-refractivity contribution in [1.82, 2.24) is 9.13 Å². The minimum atomic E-state index is -1.07. The van der Waals surface area contributed by atoms with E-state index in [1.165, 1.54) is 20.5 Å². The molecule has 3 rings (SSSR count). The van der Waals surface area contributed by atoms with Gasteiger partial charge in [0, 0.05) is 11.9 Å². The van der Waals surface area contributed by atoms with E-state index < -0.39 is 11.9 Å². The van der Waals surface area contributed by atoms with Gasteiger partial charge in [0.1, 0.15) is 11.5 Å². The molecule has 0 radical (unpaired) electrons. The number of anilines is 1. The van der Waals surface area contributed by atoms with Crippen LogP contribution in [0.25, 0.3) is 11.0 Å². The van der Waals surface area contributed by atoms with Gasteiger partial charge >= 0.3 is 11.7 Å². The number of rotatable bonds is 5. The van der Waals surface area contributed by atoms with Crippen LogP contribution in [0.1, 0.15) is 27.7 Å². The number of thiophene rings is 1. The van der Waals surface area contributed by atoms with Gasteiger partial charge in [0.05, 0.1) is 16.6 Å². The first-order valence-corrected chi connectivity index (χ1v) is 8.96. The van der Waals surface area contributed by atoms with Gasteiger partial charge in [-0.3, -0.25) is 13.9 Å². The SMILES string of the molecule is CCc1c(C)sc(NC(=O)Cn2c(=O)n(C)c3ccccc32)c1C(=O)O. The molecule has 0 aliphatic carbocycles. The largest absolute Gasteiger partial charge is 0.478 e. The van der Waals surface area contributed by atoms with Gasteiger partial charge < -0.3 is 10.4 Å². The average Bonchev–Trinajstić information content (AvgIpc) is 3.04. The summed E-state index contributed by atoms with van der Waals surface area (Å²) in [5.74, 6) is -1.50. The van der Waals surface area contributed by atoms with Crippen LogP contribution in [0.2, 0.25) is 0 Å². The zero-order chi connectivity index (χ0) is 19.0. The fourth-order valence-corrected chi connectivity index (χ4v) is 4.30. The van der Waals surface area contributed by atoms with E-state index in [4.69, 9.17) is 0 Å². The minimum absolute atomic E-state index is 0.133. The zero-order valence-corrected chi connectivity index (χ0v) is 15.5. The Kier molecular flexibility index (Phi) is 4.69. The fourth-order valence-electron chi connectivity index (χ4n) is 3.14. The van der Waals surface area contributed by atoms with E-state index in [0.717, 1.165) is 16.0 Å². The summed E-state index contributed by atoms with van der Waals surface area (Å²) >= 11 is 1.24. The van der Waals surface area contributed by atoms with Crippen molar-refractivity contribution in [2.75, 3.05) is 5.32 Å². The molecule has 0 atom stereocenters. The number of carbonyl (C=O) groups excluding carboxylic acids is 1. The van der Waals surface area contributed by atoms with Gasteiger partial charge in [-0.2, -0.15) is 0 Å². The van der Waals surface area contributed by atoms with Gasteiger partial charge in [-0.25, -0.2) is 9.59 Å². The van der Waals surface area contributed by atoms with E-state index in [2.05, 4.69) is 5.32 Å². The van der Waals surface area contributed by atoms with E-state index in [-0.39, 0.29) is 17.8 Å². The number of imidazole rings is 1. The quantitative estimate of drug-likeness (QED) is 0.719. The third kappa shape index (κ3) is 2.92. The van der Waals surface area contributed by atoms with Gasteiger partial charge in [0.2, 0.25) is 5.91 Å². The third-order valence-corrected chi connectivity index (χ3v) is 5.45. The number of nitrogens with one attached hydrogen (secondary N) is 1. The molecule has 2 aromatic heterocycles. The molecule has 0 spiro atoms. The van der Waals surface area contributed by atoms with Crippen molar-refractivity contribution in [2.24, 2.45) is 7.05 Å². The average molecular weight is 373 g/mol. The molecule has 0 aliphatic heterocycles. The number of aryl methyl sites for hydroxylation is 2. The first-order valence-electron chi connectivity index (χ1n) is 8.14. The second-order valence-corrected chi connectivity index (χ2v) is 7.19. The molecule has 2 N–H and O–H groups in total. The van der Waals surface area contributed by atoms with Crippen LogP contribution in [0.5, 0.6) is 0 Å². The van der Waals surface area contributed by atoms with Crippen LogP contribution in [0, 0.1) is 6.92 Å². The maximum absolute atomic E-state index is 12.5. The summed E-state index contributed by atoms with van der Waals surface area (Å²) in [7, 11) is 1.65. The molecule has 136 valence electrons. The number of hydrogen-bond donors (Lipinski definition) is 2. The van der Waals surface area contributed by atoms with E-state index in [1.807, 2.05) is 26.0 Å². The van der Waals surface area contributed by atoms with Crippen molar-refractivity contribution in [3.63, 3.8) is 0 Å². The van der Waals surface area contributed by atoms with Crippen molar-refractivity contribution in [1.29, 1.82) is 0 Å². The number of carboxylic acids is 1.